The van der Waals surface area contributed by atoms with E-state index >= 15 is 0 Å². The van der Waals surface area contributed by atoms with E-state index in [1.54, 1.807) is 32.7 Å². The monoisotopic (exact) mass is 343 g/mol. The van der Waals surface area contributed by atoms with Gasteiger partial charge in [-0.1, -0.05) is 0 Å². The SMILES string of the molecule is Cc1nn(C)c(C)c1S(=O)(=O)NC(C)C(=O)N1CCNC[C@H]1C. The summed E-state index contributed by atoms with van der Waals surface area (Å²) in [6, 6.07) is -0.773. The van der Waals surface area contributed by atoms with E-state index in [9.17, 15) is 13.2 Å². The summed E-state index contributed by atoms with van der Waals surface area (Å²) >= 11 is 0. The minimum Gasteiger partial charge on any atom is -0.336 e. The third-order valence-corrected chi connectivity index (χ3v) is 5.99. The average molecular weight is 343 g/mol. The summed E-state index contributed by atoms with van der Waals surface area (Å²) in [6.45, 7) is 8.88. The van der Waals surface area contributed by atoms with Crippen LogP contribution in [0.3, 0.4) is 0 Å². The van der Waals surface area contributed by atoms with Crippen molar-refractivity contribution >= 4 is 15.9 Å². The molecular weight excluding hydrogens is 318 g/mol. The van der Waals surface area contributed by atoms with Gasteiger partial charge in [-0.3, -0.25) is 9.48 Å². The Morgan fingerprint density at radius 3 is 2.61 bits per heavy atom. The first-order chi connectivity index (χ1) is 10.6. The minimum atomic E-state index is -3.80. The lowest BCUT2D eigenvalue weighted by atomic mass is 10.2. The van der Waals surface area contributed by atoms with Crippen molar-refractivity contribution in [3.63, 3.8) is 0 Å². The minimum absolute atomic E-state index is 0.0464. The van der Waals surface area contributed by atoms with Crippen molar-refractivity contribution in [1.29, 1.82) is 0 Å². The van der Waals surface area contributed by atoms with E-state index in [1.165, 1.54) is 4.68 Å². The van der Waals surface area contributed by atoms with Gasteiger partial charge in [0.1, 0.15) is 4.90 Å². The van der Waals surface area contributed by atoms with Gasteiger partial charge < -0.3 is 10.2 Å². The number of aryl methyl sites for hydroxylation is 2. The Balaban J connectivity index is 2.18. The summed E-state index contributed by atoms with van der Waals surface area (Å²) in [4.78, 5) is 14.4. The predicted octanol–water partition coefficient (Wildman–Crippen LogP) is -0.476. The average Bonchev–Trinajstić information content (AvgIpc) is 2.71. The molecule has 1 unspecified atom stereocenters. The van der Waals surface area contributed by atoms with Gasteiger partial charge in [-0.05, 0) is 27.7 Å². The van der Waals surface area contributed by atoms with E-state index in [4.69, 9.17) is 0 Å². The smallest absolute Gasteiger partial charge is 0.244 e. The molecule has 1 aromatic rings. The molecule has 0 saturated carbocycles. The molecule has 2 atom stereocenters. The van der Waals surface area contributed by atoms with Crippen LogP contribution in [0.1, 0.15) is 25.2 Å². The number of hydrogen-bond acceptors (Lipinski definition) is 5. The van der Waals surface area contributed by atoms with Gasteiger partial charge in [0.05, 0.1) is 17.4 Å². The molecule has 2 N–H and O–H groups in total. The molecule has 8 nitrogen and oxygen atoms in total. The maximum atomic E-state index is 12.6. The number of amides is 1. The van der Waals surface area contributed by atoms with Crippen LogP contribution in [0.5, 0.6) is 0 Å². The van der Waals surface area contributed by atoms with Gasteiger partial charge >= 0.3 is 0 Å². The molecule has 1 aliphatic rings. The Morgan fingerprint density at radius 1 is 1.43 bits per heavy atom. The number of carbonyl (C=O) groups excluding carboxylic acids is 1. The molecule has 23 heavy (non-hydrogen) atoms. The van der Waals surface area contributed by atoms with Crippen LogP contribution in [-0.2, 0) is 21.9 Å². The van der Waals surface area contributed by atoms with Crippen LogP contribution in [0.2, 0.25) is 0 Å². The standard InChI is InChI=1S/C14H25N5O3S/c1-9-8-15-6-7-19(9)14(20)11(3)17-23(21,22)13-10(2)16-18(5)12(13)4/h9,11,15,17H,6-8H2,1-5H3/t9-,11?/m1/s1. The van der Waals surface area contributed by atoms with Gasteiger partial charge in [0.15, 0.2) is 0 Å². The molecule has 0 spiro atoms. The molecule has 0 radical (unpaired) electrons. The number of nitrogens with zero attached hydrogens (tertiary/aromatic N) is 3. The fraction of sp³-hybridized carbons (Fsp3) is 0.714. The second-order valence-corrected chi connectivity index (χ2v) is 7.70. The predicted molar refractivity (Wildman–Crippen MR) is 86.5 cm³/mol. The third kappa shape index (κ3) is 3.56. The van der Waals surface area contributed by atoms with E-state index in [0.29, 0.717) is 24.5 Å². The summed E-state index contributed by atoms with van der Waals surface area (Å²) in [7, 11) is -2.10. The van der Waals surface area contributed by atoms with Gasteiger partial charge in [0, 0.05) is 32.7 Å². The Bertz CT molecular complexity index is 698. The lowest BCUT2D eigenvalue weighted by molar-refractivity contribution is -0.135. The Morgan fingerprint density at radius 2 is 2.09 bits per heavy atom. The first kappa shape index (κ1) is 17.9. The first-order valence-electron chi connectivity index (χ1n) is 7.69. The van der Waals surface area contributed by atoms with Crippen molar-refractivity contribution in [2.24, 2.45) is 7.05 Å². The maximum absolute atomic E-state index is 12.6. The lowest BCUT2D eigenvalue weighted by Crippen LogP contribution is -2.57. The van der Waals surface area contributed by atoms with Crippen LogP contribution in [0.25, 0.3) is 0 Å². The van der Waals surface area contributed by atoms with Crippen LogP contribution in [0.15, 0.2) is 4.90 Å². The highest BCUT2D eigenvalue weighted by atomic mass is 32.2. The van der Waals surface area contributed by atoms with Crippen LogP contribution in [0.4, 0.5) is 0 Å². The normalized spacial score (nSPS) is 20.6. The van der Waals surface area contributed by atoms with E-state index in [1.807, 2.05) is 6.92 Å². The van der Waals surface area contributed by atoms with Crippen LogP contribution < -0.4 is 10.0 Å². The molecule has 1 amide bonds. The number of rotatable bonds is 4. The van der Waals surface area contributed by atoms with Crippen LogP contribution in [0, 0.1) is 13.8 Å². The molecular formula is C14H25N5O3S. The first-order valence-corrected chi connectivity index (χ1v) is 9.17. The molecule has 1 saturated heterocycles. The summed E-state index contributed by atoms with van der Waals surface area (Å²) < 4.78 is 29.3. The molecule has 1 aliphatic heterocycles. The van der Waals surface area contributed by atoms with E-state index in [0.717, 1.165) is 6.54 Å². The highest BCUT2D eigenvalue weighted by Crippen LogP contribution is 2.19. The van der Waals surface area contributed by atoms with Gasteiger partial charge in [-0.15, -0.1) is 0 Å². The van der Waals surface area contributed by atoms with E-state index in [-0.39, 0.29) is 16.8 Å². The summed E-state index contributed by atoms with van der Waals surface area (Å²) in [5, 5.41) is 7.33. The zero-order valence-corrected chi connectivity index (χ0v) is 15.1. The molecule has 2 heterocycles. The topological polar surface area (TPSA) is 96.3 Å². The number of carbonyl (C=O) groups is 1. The van der Waals surface area contributed by atoms with Gasteiger partial charge in [-0.2, -0.15) is 9.82 Å². The van der Waals surface area contributed by atoms with Crippen molar-refractivity contribution in [2.75, 3.05) is 19.6 Å². The van der Waals surface area contributed by atoms with Crippen LogP contribution >= 0.6 is 0 Å². The Labute approximate surface area is 137 Å². The van der Waals surface area contributed by atoms with Crippen molar-refractivity contribution in [2.45, 2.75) is 44.7 Å². The number of piperazine rings is 1. The summed E-state index contributed by atoms with van der Waals surface area (Å²) in [5.74, 6) is -0.207. The van der Waals surface area contributed by atoms with Crippen molar-refractivity contribution in [3.8, 4) is 0 Å². The molecule has 9 heteroatoms. The largest absolute Gasteiger partial charge is 0.336 e. The zero-order valence-electron chi connectivity index (χ0n) is 14.3. The zero-order chi connectivity index (χ0) is 17.4. The highest BCUT2D eigenvalue weighted by molar-refractivity contribution is 7.89. The number of nitrogens with one attached hydrogen (secondary N) is 2. The van der Waals surface area contributed by atoms with E-state index < -0.39 is 16.1 Å². The van der Waals surface area contributed by atoms with Crippen molar-refractivity contribution in [1.82, 2.24) is 24.7 Å². The quantitative estimate of drug-likeness (QED) is 0.770. The molecule has 0 bridgehead atoms. The number of sulfonamides is 1. The van der Waals surface area contributed by atoms with E-state index in [2.05, 4.69) is 15.1 Å². The molecule has 0 aromatic carbocycles. The van der Waals surface area contributed by atoms with Gasteiger partial charge in [-0.25, -0.2) is 8.42 Å². The Kier molecular flexibility index (Phi) is 5.12. The molecule has 130 valence electrons. The maximum Gasteiger partial charge on any atom is 0.244 e. The lowest BCUT2D eigenvalue weighted by Gasteiger charge is -2.35. The fourth-order valence-electron chi connectivity index (χ4n) is 2.90. The molecule has 2 rings (SSSR count). The second kappa shape index (κ2) is 6.58. The fourth-order valence-corrected chi connectivity index (χ4v) is 4.54. The molecule has 0 aliphatic carbocycles. The van der Waals surface area contributed by atoms with Crippen molar-refractivity contribution in [3.05, 3.63) is 11.4 Å². The van der Waals surface area contributed by atoms with Gasteiger partial charge in [0.2, 0.25) is 15.9 Å². The number of hydrogen-bond donors (Lipinski definition) is 2. The summed E-state index contributed by atoms with van der Waals surface area (Å²) in [5.41, 5.74) is 0.970. The summed E-state index contributed by atoms with van der Waals surface area (Å²) in [6.07, 6.45) is 0. The van der Waals surface area contributed by atoms with Crippen molar-refractivity contribution < 1.29 is 13.2 Å². The van der Waals surface area contributed by atoms with Crippen LogP contribution in [-0.4, -0.2) is 60.7 Å². The second-order valence-electron chi connectivity index (χ2n) is 6.05. The number of aromatic nitrogens is 2. The third-order valence-electron chi connectivity index (χ3n) is 4.20. The Hall–Kier alpha value is -1.45. The molecule has 1 fully saturated rings. The van der Waals surface area contributed by atoms with Gasteiger partial charge in [0.25, 0.3) is 0 Å². The highest BCUT2D eigenvalue weighted by Gasteiger charge is 2.31. The molecule has 1 aromatic heterocycles.